The second-order valence-electron chi connectivity index (χ2n) is 7.15. The molecular weight excluding hydrogens is 408 g/mol. The van der Waals surface area contributed by atoms with Crippen molar-refractivity contribution >= 4 is 59.4 Å². The zero-order valence-electron chi connectivity index (χ0n) is 14.9. The van der Waals surface area contributed by atoms with Gasteiger partial charge < -0.3 is 4.42 Å². The SMILES string of the molecule is Brc1ccc(-c2c3ccccc3cc3oc4cc5ccccc5cc4c23)cc1. The standard InChI is InChI=1S/C26H15BrO/c27-20-11-9-16(10-12-20)25-21-8-4-3-7-19(21)15-24-26(25)22-13-17-5-1-2-6-18(17)14-23(22)28-24/h1-15H. The van der Waals surface area contributed by atoms with Crippen molar-refractivity contribution < 1.29 is 4.42 Å². The van der Waals surface area contributed by atoms with Crippen LogP contribution in [0.25, 0.3) is 54.6 Å². The van der Waals surface area contributed by atoms with E-state index in [9.17, 15) is 0 Å². The van der Waals surface area contributed by atoms with Crippen LogP contribution in [-0.4, -0.2) is 0 Å². The van der Waals surface area contributed by atoms with Crippen LogP contribution >= 0.6 is 15.9 Å². The molecule has 0 spiro atoms. The Bertz CT molecular complexity index is 1510. The van der Waals surface area contributed by atoms with Gasteiger partial charge in [0.05, 0.1) is 0 Å². The fraction of sp³-hybridized carbons (Fsp3) is 0. The van der Waals surface area contributed by atoms with Crippen molar-refractivity contribution in [1.29, 1.82) is 0 Å². The third-order valence-electron chi connectivity index (χ3n) is 5.48. The van der Waals surface area contributed by atoms with E-state index < -0.39 is 0 Å². The highest BCUT2D eigenvalue weighted by Gasteiger charge is 2.17. The van der Waals surface area contributed by atoms with Gasteiger partial charge in [-0.25, -0.2) is 0 Å². The highest BCUT2D eigenvalue weighted by Crippen LogP contribution is 2.42. The van der Waals surface area contributed by atoms with Gasteiger partial charge in [-0.1, -0.05) is 76.6 Å². The topological polar surface area (TPSA) is 13.1 Å². The summed E-state index contributed by atoms with van der Waals surface area (Å²) in [6.07, 6.45) is 0. The molecule has 5 aromatic carbocycles. The molecule has 0 radical (unpaired) electrons. The molecule has 0 saturated carbocycles. The minimum Gasteiger partial charge on any atom is -0.456 e. The second-order valence-corrected chi connectivity index (χ2v) is 8.07. The summed E-state index contributed by atoms with van der Waals surface area (Å²) < 4.78 is 7.42. The van der Waals surface area contributed by atoms with Gasteiger partial charge in [-0.2, -0.15) is 0 Å². The van der Waals surface area contributed by atoms with E-state index in [2.05, 4.69) is 107 Å². The van der Waals surface area contributed by atoms with Crippen LogP contribution in [0.5, 0.6) is 0 Å². The molecule has 0 aliphatic carbocycles. The van der Waals surface area contributed by atoms with E-state index in [-0.39, 0.29) is 0 Å². The molecule has 1 heterocycles. The lowest BCUT2D eigenvalue weighted by molar-refractivity contribution is 0.670. The summed E-state index contributed by atoms with van der Waals surface area (Å²) >= 11 is 3.56. The number of halogens is 1. The number of rotatable bonds is 1. The summed E-state index contributed by atoms with van der Waals surface area (Å²) in [7, 11) is 0. The molecule has 0 N–H and O–H groups in total. The lowest BCUT2D eigenvalue weighted by atomic mass is 9.93. The Hall–Kier alpha value is -3.10. The minimum atomic E-state index is 0.932. The molecule has 0 atom stereocenters. The minimum absolute atomic E-state index is 0.932. The Morgan fingerprint density at radius 3 is 2.00 bits per heavy atom. The Labute approximate surface area is 170 Å². The first-order valence-electron chi connectivity index (χ1n) is 9.31. The van der Waals surface area contributed by atoms with Crippen molar-refractivity contribution in [3.63, 3.8) is 0 Å². The van der Waals surface area contributed by atoms with Gasteiger partial charge in [-0.15, -0.1) is 0 Å². The average molecular weight is 423 g/mol. The first-order valence-corrected chi connectivity index (χ1v) is 10.1. The van der Waals surface area contributed by atoms with Gasteiger partial charge in [0.2, 0.25) is 0 Å². The van der Waals surface area contributed by atoms with Gasteiger partial charge in [0.1, 0.15) is 11.2 Å². The van der Waals surface area contributed by atoms with Crippen molar-refractivity contribution in [2.24, 2.45) is 0 Å². The number of hydrogen-bond acceptors (Lipinski definition) is 1. The molecule has 0 saturated heterocycles. The van der Waals surface area contributed by atoms with Crippen molar-refractivity contribution in [2.75, 3.05) is 0 Å². The molecule has 0 aliphatic rings. The first kappa shape index (κ1) is 15.9. The first-order chi connectivity index (χ1) is 13.8. The molecule has 0 amide bonds. The second kappa shape index (κ2) is 5.95. The lowest BCUT2D eigenvalue weighted by Crippen LogP contribution is -1.84. The van der Waals surface area contributed by atoms with Gasteiger partial charge in [0.15, 0.2) is 0 Å². The van der Waals surface area contributed by atoms with Crippen molar-refractivity contribution in [2.45, 2.75) is 0 Å². The molecule has 28 heavy (non-hydrogen) atoms. The molecule has 0 aliphatic heterocycles. The maximum atomic E-state index is 6.35. The summed E-state index contributed by atoms with van der Waals surface area (Å²) in [6.45, 7) is 0. The van der Waals surface area contributed by atoms with E-state index in [4.69, 9.17) is 4.42 Å². The maximum Gasteiger partial charge on any atom is 0.136 e. The summed E-state index contributed by atoms with van der Waals surface area (Å²) in [4.78, 5) is 0. The van der Waals surface area contributed by atoms with Crippen LogP contribution in [-0.2, 0) is 0 Å². The van der Waals surface area contributed by atoms with Crippen LogP contribution in [0.15, 0.2) is 99.9 Å². The fourth-order valence-electron chi connectivity index (χ4n) is 4.20. The van der Waals surface area contributed by atoms with Gasteiger partial charge in [0, 0.05) is 20.8 Å². The van der Waals surface area contributed by atoms with Crippen LogP contribution in [0.4, 0.5) is 0 Å². The number of furan rings is 1. The molecule has 1 aromatic heterocycles. The monoisotopic (exact) mass is 422 g/mol. The predicted molar refractivity (Wildman–Crippen MR) is 122 cm³/mol. The molecule has 1 nitrogen and oxygen atoms in total. The quantitative estimate of drug-likeness (QED) is 0.259. The average Bonchev–Trinajstić information content (AvgIpc) is 3.08. The zero-order chi connectivity index (χ0) is 18.7. The van der Waals surface area contributed by atoms with Gasteiger partial charge >= 0.3 is 0 Å². The Kier molecular flexibility index (Phi) is 3.38. The van der Waals surface area contributed by atoms with Gasteiger partial charge in [-0.3, -0.25) is 0 Å². The smallest absolute Gasteiger partial charge is 0.136 e. The lowest BCUT2D eigenvalue weighted by Gasteiger charge is -2.10. The Balaban J connectivity index is 1.85. The van der Waals surface area contributed by atoms with Crippen molar-refractivity contribution in [3.05, 3.63) is 95.5 Å². The van der Waals surface area contributed by atoms with E-state index in [1.165, 1.54) is 38.1 Å². The van der Waals surface area contributed by atoms with Crippen molar-refractivity contribution in [3.8, 4) is 11.1 Å². The van der Waals surface area contributed by atoms with Crippen LogP contribution in [0.1, 0.15) is 0 Å². The Morgan fingerprint density at radius 1 is 0.571 bits per heavy atom. The highest BCUT2D eigenvalue weighted by atomic mass is 79.9. The van der Waals surface area contributed by atoms with Crippen LogP contribution < -0.4 is 0 Å². The number of benzene rings is 5. The van der Waals surface area contributed by atoms with Crippen LogP contribution in [0.2, 0.25) is 0 Å². The fourth-order valence-corrected chi connectivity index (χ4v) is 4.47. The van der Waals surface area contributed by atoms with Crippen LogP contribution in [0.3, 0.4) is 0 Å². The molecular formula is C26H15BrO. The summed E-state index contributed by atoms with van der Waals surface area (Å²) in [5.41, 5.74) is 4.29. The summed E-state index contributed by atoms with van der Waals surface area (Å²) in [5, 5.41) is 7.21. The Morgan fingerprint density at radius 2 is 1.21 bits per heavy atom. The highest BCUT2D eigenvalue weighted by molar-refractivity contribution is 9.10. The molecule has 6 rings (SSSR count). The van der Waals surface area contributed by atoms with E-state index >= 15 is 0 Å². The summed E-state index contributed by atoms with van der Waals surface area (Å²) in [6, 6.07) is 32.1. The number of fused-ring (bicyclic) bond motifs is 5. The number of hydrogen-bond donors (Lipinski definition) is 0. The molecule has 0 fully saturated rings. The maximum absolute atomic E-state index is 6.35. The van der Waals surface area contributed by atoms with Gasteiger partial charge in [0.25, 0.3) is 0 Å². The molecule has 132 valence electrons. The van der Waals surface area contributed by atoms with Crippen molar-refractivity contribution in [1.82, 2.24) is 0 Å². The predicted octanol–water partition coefficient (Wildman–Crippen LogP) is 8.32. The third-order valence-corrected chi connectivity index (χ3v) is 6.01. The zero-order valence-corrected chi connectivity index (χ0v) is 16.5. The van der Waals surface area contributed by atoms with E-state index in [1.807, 2.05) is 0 Å². The molecule has 6 aromatic rings. The largest absolute Gasteiger partial charge is 0.456 e. The van der Waals surface area contributed by atoms with E-state index in [0.717, 1.165) is 21.0 Å². The van der Waals surface area contributed by atoms with E-state index in [1.54, 1.807) is 0 Å². The third kappa shape index (κ3) is 2.31. The molecule has 0 bridgehead atoms. The molecule has 2 heteroatoms. The van der Waals surface area contributed by atoms with Gasteiger partial charge in [-0.05, 0) is 57.4 Å². The van der Waals surface area contributed by atoms with E-state index in [0.29, 0.717) is 0 Å². The normalized spacial score (nSPS) is 11.8. The van der Waals surface area contributed by atoms with Crippen LogP contribution in [0, 0.1) is 0 Å². The summed E-state index contributed by atoms with van der Waals surface area (Å²) in [5.74, 6) is 0. The molecule has 0 unspecified atom stereocenters.